The lowest BCUT2D eigenvalue weighted by molar-refractivity contribution is 0.246. The van der Waals surface area contributed by atoms with E-state index in [0.29, 0.717) is 11.8 Å². The Kier molecular flexibility index (Phi) is 3.41. The summed E-state index contributed by atoms with van der Waals surface area (Å²) in [6.45, 7) is 8.94. The van der Waals surface area contributed by atoms with Crippen molar-refractivity contribution in [3.63, 3.8) is 0 Å². The van der Waals surface area contributed by atoms with Gasteiger partial charge in [0, 0.05) is 5.41 Å². The molecule has 18 heavy (non-hydrogen) atoms. The van der Waals surface area contributed by atoms with Crippen LogP contribution in [0.15, 0.2) is 12.1 Å². The number of aliphatic hydroxyl groups excluding tert-OH is 1. The average Bonchev–Trinajstić information content (AvgIpc) is 3.00. The third-order valence-corrected chi connectivity index (χ3v) is 4.47. The first-order valence-corrected chi connectivity index (χ1v) is 6.76. The molecule has 2 unspecified atom stereocenters. The molecule has 0 heterocycles. The van der Waals surface area contributed by atoms with E-state index in [9.17, 15) is 5.11 Å². The molecule has 1 aromatic carbocycles. The highest BCUT2D eigenvalue weighted by molar-refractivity contribution is 5.49. The number of aliphatic hydroxyl groups is 1. The highest BCUT2D eigenvalue weighted by Crippen LogP contribution is 2.55. The molecule has 2 heteroatoms. The number of aryl methyl sites for hydroxylation is 1. The van der Waals surface area contributed by atoms with Gasteiger partial charge in [-0.3, -0.25) is 0 Å². The van der Waals surface area contributed by atoms with E-state index >= 15 is 0 Å². The second-order valence-electron chi connectivity index (χ2n) is 5.98. The standard InChI is InChI=1S/C16H24O2/c1-10(2)13-7-14(11(3)6-15(13)18-5)16(9-17)8-12(16)4/h6-7,10,12,17H,8-9H2,1-5H3. The lowest BCUT2D eigenvalue weighted by atomic mass is 9.86. The van der Waals surface area contributed by atoms with E-state index < -0.39 is 0 Å². The van der Waals surface area contributed by atoms with E-state index in [-0.39, 0.29) is 12.0 Å². The third kappa shape index (κ3) is 1.93. The lowest BCUT2D eigenvalue weighted by Gasteiger charge is -2.21. The maximum absolute atomic E-state index is 9.73. The van der Waals surface area contributed by atoms with Gasteiger partial charge in [0.25, 0.3) is 0 Å². The van der Waals surface area contributed by atoms with Crippen LogP contribution in [0.25, 0.3) is 0 Å². The topological polar surface area (TPSA) is 29.5 Å². The van der Waals surface area contributed by atoms with Crippen LogP contribution in [0.4, 0.5) is 0 Å². The average molecular weight is 248 g/mol. The van der Waals surface area contributed by atoms with Crippen molar-refractivity contribution in [3.05, 3.63) is 28.8 Å². The van der Waals surface area contributed by atoms with Crippen molar-refractivity contribution in [3.8, 4) is 5.75 Å². The SMILES string of the molecule is COc1cc(C)c(C2(CO)CC2C)cc1C(C)C. The van der Waals surface area contributed by atoms with Crippen LogP contribution in [-0.4, -0.2) is 18.8 Å². The van der Waals surface area contributed by atoms with Crippen molar-refractivity contribution in [1.82, 2.24) is 0 Å². The summed E-state index contributed by atoms with van der Waals surface area (Å²) in [7, 11) is 1.72. The van der Waals surface area contributed by atoms with Crippen LogP contribution in [0.1, 0.15) is 49.8 Å². The Hall–Kier alpha value is -1.02. The van der Waals surface area contributed by atoms with E-state index in [4.69, 9.17) is 4.74 Å². The van der Waals surface area contributed by atoms with Crippen LogP contribution in [0.3, 0.4) is 0 Å². The summed E-state index contributed by atoms with van der Waals surface area (Å²) < 4.78 is 5.47. The lowest BCUT2D eigenvalue weighted by Crippen LogP contribution is -2.17. The Bertz CT molecular complexity index is 447. The molecule has 1 N–H and O–H groups in total. The second kappa shape index (κ2) is 4.58. The van der Waals surface area contributed by atoms with Crippen LogP contribution in [0, 0.1) is 12.8 Å². The predicted octanol–water partition coefficient (Wildman–Crippen LogP) is 3.40. The van der Waals surface area contributed by atoms with Crippen molar-refractivity contribution >= 4 is 0 Å². The molecular formula is C16H24O2. The summed E-state index contributed by atoms with van der Waals surface area (Å²) in [5.74, 6) is 1.98. The summed E-state index contributed by atoms with van der Waals surface area (Å²) in [6, 6.07) is 4.37. The molecule has 2 atom stereocenters. The normalized spacial score (nSPS) is 26.5. The predicted molar refractivity (Wildman–Crippen MR) is 74.4 cm³/mol. The first-order valence-electron chi connectivity index (χ1n) is 6.76. The van der Waals surface area contributed by atoms with E-state index in [1.165, 1.54) is 16.7 Å². The molecule has 0 saturated heterocycles. The van der Waals surface area contributed by atoms with Crippen LogP contribution in [0.2, 0.25) is 0 Å². The molecule has 0 amide bonds. The summed E-state index contributed by atoms with van der Waals surface area (Å²) >= 11 is 0. The minimum Gasteiger partial charge on any atom is -0.496 e. The minimum absolute atomic E-state index is 0.00000520. The summed E-state index contributed by atoms with van der Waals surface area (Å²) in [5, 5.41) is 9.73. The van der Waals surface area contributed by atoms with Crippen molar-refractivity contribution in [1.29, 1.82) is 0 Å². The molecule has 0 spiro atoms. The molecule has 0 radical (unpaired) electrons. The van der Waals surface area contributed by atoms with Gasteiger partial charge in [0.15, 0.2) is 0 Å². The molecule has 1 fully saturated rings. The molecule has 2 nitrogen and oxygen atoms in total. The van der Waals surface area contributed by atoms with Crippen LogP contribution < -0.4 is 4.74 Å². The summed E-state index contributed by atoms with van der Waals surface area (Å²) in [4.78, 5) is 0. The largest absolute Gasteiger partial charge is 0.496 e. The zero-order chi connectivity index (χ0) is 13.5. The number of hydrogen-bond acceptors (Lipinski definition) is 2. The van der Waals surface area contributed by atoms with E-state index in [2.05, 4.69) is 39.8 Å². The fourth-order valence-electron chi connectivity index (χ4n) is 3.03. The highest BCUT2D eigenvalue weighted by Gasteiger charge is 2.52. The van der Waals surface area contributed by atoms with Crippen molar-refractivity contribution in [2.24, 2.45) is 5.92 Å². The molecule has 100 valence electrons. The molecule has 0 bridgehead atoms. The second-order valence-corrected chi connectivity index (χ2v) is 5.98. The van der Waals surface area contributed by atoms with Gasteiger partial charge in [-0.1, -0.05) is 26.8 Å². The number of ether oxygens (including phenoxy) is 1. The molecule has 1 saturated carbocycles. The van der Waals surface area contributed by atoms with Gasteiger partial charge in [0.05, 0.1) is 13.7 Å². The van der Waals surface area contributed by atoms with E-state index in [1.54, 1.807) is 7.11 Å². The first kappa shape index (κ1) is 13.4. The van der Waals surface area contributed by atoms with Gasteiger partial charge in [-0.05, 0) is 47.9 Å². The third-order valence-electron chi connectivity index (χ3n) is 4.47. The molecule has 1 aromatic rings. The van der Waals surface area contributed by atoms with Gasteiger partial charge in [-0.15, -0.1) is 0 Å². The zero-order valence-electron chi connectivity index (χ0n) is 12.1. The number of rotatable bonds is 4. The molecule has 1 aliphatic rings. The van der Waals surface area contributed by atoms with Gasteiger partial charge >= 0.3 is 0 Å². The summed E-state index contributed by atoms with van der Waals surface area (Å²) in [6.07, 6.45) is 1.09. The maximum Gasteiger partial charge on any atom is 0.122 e. The molecule has 0 aromatic heterocycles. The number of benzene rings is 1. The molecule has 2 rings (SSSR count). The Morgan fingerprint density at radius 3 is 2.44 bits per heavy atom. The van der Waals surface area contributed by atoms with Gasteiger partial charge < -0.3 is 9.84 Å². The smallest absolute Gasteiger partial charge is 0.122 e. The number of hydrogen-bond donors (Lipinski definition) is 1. The van der Waals surface area contributed by atoms with E-state index in [0.717, 1.165) is 12.2 Å². The Balaban J connectivity index is 2.53. The molecule has 1 aliphatic carbocycles. The quantitative estimate of drug-likeness (QED) is 0.885. The highest BCUT2D eigenvalue weighted by atomic mass is 16.5. The summed E-state index contributed by atoms with van der Waals surface area (Å²) in [5.41, 5.74) is 3.78. The van der Waals surface area contributed by atoms with Crippen molar-refractivity contribution < 1.29 is 9.84 Å². The van der Waals surface area contributed by atoms with Gasteiger partial charge in [0.2, 0.25) is 0 Å². The Morgan fingerprint density at radius 1 is 1.44 bits per heavy atom. The zero-order valence-corrected chi connectivity index (χ0v) is 12.1. The first-order chi connectivity index (χ1) is 8.46. The molecule has 0 aliphatic heterocycles. The minimum atomic E-state index is -0.00000520. The maximum atomic E-state index is 9.73. The van der Waals surface area contributed by atoms with Gasteiger partial charge in [-0.25, -0.2) is 0 Å². The number of methoxy groups -OCH3 is 1. The van der Waals surface area contributed by atoms with Crippen LogP contribution in [-0.2, 0) is 5.41 Å². The van der Waals surface area contributed by atoms with Crippen molar-refractivity contribution in [2.75, 3.05) is 13.7 Å². The Morgan fingerprint density at radius 2 is 2.06 bits per heavy atom. The van der Waals surface area contributed by atoms with Crippen LogP contribution >= 0.6 is 0 Å². The van der Waals surface area contributed by atoms with E-state index in [1.807, 2.05) is 0 Å². The monoisotopic (exact) mass is 248 g/mol. The molecular weight excluding hydrogens is 224 g/mol. The fraction of sp³-hybridized carbons (Fsp3) is 0.625. The van der Waals surface area contributed by atoms with Gasteiger partial charge in [0.1, 0.15) is 5.75 Å². The van der Waals surface area contributed by atoms with Crippen LogP contribution in [0.5, 0.6) is 5.75 Å². The van der Waals surface area contributed by atoms with Crippen molar-refractivity contribution in [2.45, 2.75) is 45.4 Å². The van der Waals surface area contributed by atoms with Gasteiger partial charge in [-0.2, -0.15) is 0 Å². The fourth-order valence-corrected chi connectivity index (χ4v) is 3.03. The Labute approximate surface area is 110 Å².